The summed E-state index contributed by atoms with van der Waals surface area (Å²) in [7, 11) is -0.164. The predicted octanol–water partition coefficient (Wildman–Crippen LogP) is 6.99. The summed E-state index contributed by atoms with van der Waals surface area (Å²) in [6.45, 7) is 14.7. The van der Waals surface area contributed by atoms with Gasteiger partial charge in [0.25, 0.3) is 0 Å². The van der Waals surface area contributed by atoms with Crippen LogP contribution in [-0.4, -0.2) is 23.6 Å². The molecule has 0 aliphatic heterocycles. The smallest absolute Gasteiger partial charge is 1.00 e. The maximum atomic E-state index is 2.72. The Morgan fingerprint density at radius 1 is 0.605 bits per heavy atom. The number of hydrogen-bond donors (Lipinski definition) is 0. The normalized spacial score (nSPS) is 18.9. The Balaban J connectivity index is 0.00000323. The third-order valence-electron chi connectivity index (χ3n) is 9.50. The topological polar surface area (TPSA) is 0 Å². The third-order valence-corrected chi connectivity index (χ3v) is 21.8. The van der Waals surface area contributed by atoms with Gasteiger partial charge in [-0.2, -0.15) is 0 Å². The van der Waals surface area contributed by atoms with Crippen molar-refractivity contribution in [3.63, 3.8) is 0 Å². The molecule has 4 rings (SSSR count). The van der Waals surface area contributed by atoms with E-state index in [9.17, 15) is 0 Å². The van der Waals surface area contributed by atoms with Crippen LogP contribution in [0.3, 0.4) is 0 Å². The van der Waals surface area contributed by atoms with E-state index in [1.807, 2.05) is 10.6 Å². The van der Waals surface area contributed by atoms with Gasteiger partial charge in [0, 0.05) is 0 Å². The molecular formula is C38H56Cl2P2Zr. The van der Waals surface area contributed by atoms with Crippen molar-refractivity contribution in [1.82, 2.24) is 0 Å². The van der Waals surface area contributed by atoms with Crippen LogP contribution in [0.4, 0.5) is 0 Å². The first kappa shape index (κ1) is 39.4. The fraction of sp³-hybridized carbons (Fsp3) is 0.579. The zero-order valence-corrected chi connectivity index (χ0v) is 33.5. The Hall–Kier alpha value is 0.243. The Labute approximate surface area is 292 Å². The van der Waals surface area contributed by atoms with Crippen molar-refractivity contribution in [1.29, 1.82) is 0 Å². The molecule has 5 heteroatoms. The van der Waals surface area contributed by atoms with E-state index < -0.39 is 23.2 Å². The van der Waals surface area contributed by atoms with E-state index in [0.717, 1.165) is 18.6 Å². The Bertz CT molecular complexity index is 1140. The molecule has 2 aromatic rings. The van der Waals surface area contributed by atoms with Gasteiger partial charge in [-0.15, -0.1) is 0 Å². The summed E-state index contributed by atoms with van der Waals surface area (Å²) < 4.78 is 1.49. The van der Waals surface area contributed by atoms with Gasteiger partial charge >= 0.3 is 269 Å². The van der Waals surface area contributed by atoms with Crippen LogP contribution >= 0.6 is 15.8 Å². The number of fused-ring (bicyclic) bond motifs is 2. The molecule has 2 aliphatic rings. The molecule has 4 atom stereocenters. The first-order valence-electron chi connectivity index (χ1n) is 16.9. The maximum Gasteiger partial charge on any atom is -1.00 e. The zero-order chi connectivity index (χ0) is 29.2. The summed E-state index contributed by atoms with van der Waals surface area (Å²) in [6, 6.07) is 19.1. The molecular weight excluding hydrogens is 680 g/mol. The molecule has 0 aromatic heterocycles. The van der Waals surface area contributed by atoms with Crippen LogP contribution in [0.5, 0.6) is 0 Å². The fourth-order valence-corrected chi connectivity index (χ4v) is 20.5. The Morgan fingerprint density at radius 3 is 1.51 bits per heavy atom. The standard InChI is InChI=1S/C21H32P.C17H24P.2ClH.Zr/c1-3-5-7-11-15-22(16-12-8-6-4-2)21-17-19-13-9-10-14-20(19)18-21;1-5-13(3)18(14(4)6-2)17-11-15-9-7-8-10-16(15)12-17;;;/h9-10,13-14,17-18H,3-8,11-12,15-16H2,1-2H3;7-14H,5-6H2,1-4H3;2*1H;/q;;;;+2/p-2. The van der Waals surface area contributed by atoms with Crippen LogP contribution in [-0.2, 0) is 23.2 Å². The summed E-state index contributed by atoms with van der Waals surface area (Å²) in [4.78, 5) is 0. The first-order valence-corrected chi connectivity index (χ1v) is 23.0. The van der Waals surface area contributed by atoms with Crippen molar-refractivity contribution < 1.29 is 48.0 Å². The van der Waals surface area contributed by atoms with E-state index in [1.165, 1.54) is 76.5 Å². The molecule has 0 fully saturated rings. The summed E-state index contributed by atoms with van der Waals surface area (Å²) in [6.07, 6.45) is 22.2. The number of halogens is 2. The quantitative estimate of drug-likeness (QED) is 0.114. The second-order valence-corrected chi connectivity index (χ2v) is 21.7. The molecule has 43 heavy (non-hydrogen) atoms. The third kappa shape index (κ3) is 10.1. The Morgan fingerprint density at radius 2 is 1.05 bits per heavy atom. The van der Waals surface area contributed by atoms with Gasteiger partial charge in [-0.3, -0.25) is 0 Å². The molecule has 236 valence electrons. The number of unbranched alkanes of at least 4 members (excludes halogenated alkanes) is 6. The number of hydrogen-bond acceptors (Lipinski definition) is 0. The van der Waals surface area contributed by atoms with Crippen LogP contribution < -0.4 is 24.8 Å². The van der Waals surface area contributed by atoms with Gasteiger partial charge in [-0.05, 0) is 0 Å². The predicted molar refractivity (Wildman–Crippen MR) is 186 cm³/mol. The minimum absolute atomic E-state index is 0. The molecule has 0 bridgehead atoms. The summed E-state index contributed by atoms with van der Waals surface area (Å²) in [5.74, 6) is 0. The van der Waals surface area contributed by atoms with Crippen LogP contribution in [0.25, 0.3) is 12.2 Å². The van der Waals surface area contributed by atoms with Crippen molar-refractivity contribution in [2.24, 2.45) is 0 Å². The number of benzene rings is 2. The number of rotatable bonds is 18. The van der Waals surface area contributed by atoms with Crippen LogP contribution in [0.15, 0.2) is 59.2 Å². The zero-order valence-electron chi connectivity index (χ0n) is 27.7. The van der Waals surface area contributed by atoms with Gasteiger partial charge in [-0.1, -0.05) is 0 Å². The van der Waals surface area contributed by atoms with E-state index in [0.29, 0.717) is 0 Å². The largest absolute Gasteiger partial charge is 1.00 e. The molecule has 2 aliphatic carbocycles. The molecule has 4 unspecified atom stereocenters. The van der Waals surface area contributed by atoms with Crippen LogP contribution in [0.2, 0.25) is 0 Å². The van der Waals surface area contributed by atoms with Gasteiger partial charge in [0.1, 0.15) is 0 Å². The van der Waals surface area contributed by atoms with Gasteiger partial charge in [-0.25, -0.2) is 0 Å². The molecule has 2 aromatic carbocycles. The van der Waals surface area contributed by atoms with E-state index in [4.69, 9.17) is 0 Å². The van der Waals surface area contributed by atoms with Crippen molar-refractivity contribution in [2.45, 2.75) is 124 Å². The summed E-state index contributed by atoms with van der Waals surface area (Å²) in [5, 5.41) is 3.80. The first-order chi connectivity index (χ1) is 20.0. The minimum Gasteiger partial charge on any atom is -1.00 e. The van der Waals surface area contributed by atoms with Gasteiger partial charge in [0.2, 0.25) is 0 Å². The SMILES string of the molecule is CCCCCCP(CCCCCC)C1=Cc2ccccc2[CH]1[Zr+2][CH]1C(P(C(C)CC)C(C)CC)=Cc2ccccc21.[Cl-].[Cl-]. The molecule has 0 spiro atoms. The average molecular weight is 737 g/mol. The summed E-state index contributed by atoms with van der Waals surface area (Å²) >= 11 is -0.874. The van der Waals surface area contributed by atoms with Crippen molar-refractivity contribution >= 4 is 28.0 Å². The molecule has 0 nitrogen and oxygen atoms in total. The van der Waals surface area contributed by atoms with E-state index >= 15 is 0 Å². The van der Waals surface area contributed by atoms with E-state index in [2.05, 4.69) is 102 Å². The molecule has 0 heterocycles. The average Bonchev–Trinajstić information content (AvgIpc) is 3.54. The molecule has 0 N–H and O–H groups in total. The van der Waals surface area contributed by atoms with Crippen LogP contribution in [0, 0.1) is 0 Å². The van der Waals surface area contributed by atoms with Crippen molar-refractivity contribution in [3.05, 3.63) is 81.4 Å². The van der Waals surface area contributed by atoms with Gasteiger partial charge < -0.3 is 24.8 Å². The second-order valence-electron chi connectivity index (χ2n) is 12.5. The summed E-state index contributed by atoms with van der Waals surface area (Å²) in [5.41, 5.74) is 8.11. The van der Waals surface area contributed by atoms with Crippen molar-refractivity contribution in [3.8, 4) is 0 Å². The van der Waals surface area contributed by atoms with E-state index in [1.54, 1.807) is 22.3 Å². The second kappa shape index (κ2) is 20.5. The monoisotopic (exact) mass is 734 g/mol. The fourth-order valence-electron chi connectivity index (χ4n) is 6.79. The van der Waals surface area contributed by atoms with Gasteiger partial charge in [0.15, 0.2) is 0 Å². The van der Waals surface area contributed by atoms with Gasteiger partial charge in [0.05, 0.1) is 0 Å². The molecule has 0 amide bonds. The molecule has 0 saturated carbocycles. The molecule has 0 radical (unpaired) electrons. The molecule has 0 saturated heterocycles. The minimum atomic E-state index is -0.874. The van der Waals surface area contributed by atoms with Crippen LogP contribution in [0.1, 0.15) is 135 Å². The van der Waals surface area contributed by atoms with E-state index in [-0.39, 0.29) is 40.7 Å². The number of allylic oxidation sites excluding steroid dienone is 2. The Kier molecular flexibility index (Phi) is 18.8. The van der Waals surface area contributed by atoms with Crippen molar-refractivity contribution in [2.75, 3.05) is 12.3 Å². The maximum absolute atomic E-state index is 2.72.